The van der Waals surface area contributed by atoms with Crippen molar-refractivity contribution in [2.75, 3.05) is 26.7 Å². The molecule has 0 spiro atoms. The number of carbonyl (C=O) groups is 1. The molecule has 1 aromatic carbocycles. The molecule has 3 rings (SSSR count). The van der Waals surface area contributed by atoms with Crippen LogP contribution in [-0.4, -0.2) is 37.7 Å². The van der Waals surface area contributed by atoms with E-state index < -0.39 is 0 Å². The summed E-state index contributed by atoms with van der Waals surface area (Å²) in [5.74, 6) is 1.36. The number of rotatable bonds is 5. The second-order valence-electron chi connectivity index (χ2n) is 5.78. The lowest BCUT2D eigenvalue weighted by Gasteiger charge is -2.17. The molecule has 1 aromatic heterocycles. The van der Waals surface area contributed by atoms with E-state index in [1.165, 1.54) is 10.4 Å². The lowest BCUT2D eigenvalue weighted by Crippen LogP contribution is -2.39. The number of likely N-dealkylation sites (tertiary alicyclic amines) is 1. The average molecular weight is 330 g/mol. The number of benzene rings is 1. The van der Waals surface area contributed by atoms with Gasteiger partial charge in [-0.1, -0.05) is 18.2 Å². The van der Waals surface area contributed by atoms with Gasteiger partial charge in [0.15, 0.2) is 0 Å². The van der Waals surface area contributed by atoms with E-state index in [1.54, 1.807) is 18.4 Å². The molecule has 0 aliphatic carbocycles. The Morgan fingerprint density at radius 1 is 1.35 bits per heavy atom. The van der Waals surface area contributed by atoms with Crippen LogP contribution in [0.1, 0.15) is 22.8 Å². The van der Waals surface area contributed by atoms with Crippen molar-refractivity contribution < 1.29 is 9.53 Å². The number of methoxy groups -OCH3 is 1. The fraction of sp³-hybridized carbons (Fsp3) is 0.389. The third-order valence-electron chi connectivity index (χ3n) is 4.27. The monoisotopic (exact) mass is 330 g/mol. The maximum atomic E-state index is 12.2. The van der Waals surface area contributed by atoms with E-state index in [4.69, 9.17) is 4.74 Å². The van der Waals surface area contributed by atoms with E-state index in [2.05, 4.69) is 22.8 Å². The summed E-state index contributed by atoms with van der Waals surface area (Å²) in [6.45, 7) is 2.33. The normalized spacial score (nSPS) is 17.3. The second kappa shape index (κ2) is 7.51. The smallest absolute Gasteiger partial charge is 0.317 e. The van der Waals surface area contributed by atoms with Crippen molar-refractivity contribution in [2.45, 2.75) is 18.8 Å². The minimum Gasteiger partial charge on any atom is -0.497 e. The first kappa shape index (κ1) is 15.9. The quantitative estimate of drug-likeness (QED) is 0.912. The molecule has 1 saturated heterocycles. The Hall–Kier alpha value is -2.01. The van der Waals surface area contributed by atoms with Crippen molar-refractivity contribution >= 4 is 17.4 Å². The number of urea groups is 1. The van der Waals surface area contributed by atoms with Crippen molar-refractivity contribution in [1.29, 1.82) is 0 Å². The van der Waals surface area contributed by atoms with Gasteiger partial charge in [-0.05, 0) is 42.0 Å². The summed E-state index contributed by atoms with van der Waals surface area (Å²) in [5, 5.41) is 5.13. The first-order chi connectivity index (χ1) is 11.3. The number of ether oxygens (including phenoxy) is 1. The highest BCUT2D eigenvalue weighted by molar-refractivity contribution is 7.10. The highest BCUT2D eigenvalue weighted by atomic mass is 32.1. The van der Waals surface area contributed by atoms with Crippen molar-refractivity contribution in [2.24, 2.45) is 0 Å². The molecular formula is C18H22N2O2S. The van der Waals surface area contributed by atoms with Gasteiger partial charge in [-0.25, -0.2) is 4.79 Å². The third kappa shape index (κ3) is 4.05. The second-order valence-corrected chi connectivity index (χ2v) is 6.76. The maximum absolute atomic E-state index is 12.2. The summed E-state index contributed by atoms with van der Waals surface area (Å²) in [5.41, 5.74) is 1.20. The number of hydrogen-bond acceptors (Lipinski definition) is 3. The van der Waals surface area contributed by atoms with Crippen LogP contribution in [0.3, 0.4) is 0 Å². The van der Waals surface area contributed by atoms with Gasteiger partial charge >= 0.3 is 6.03 Å². The molecule has 1 aliphatic rings. The summed E-state index contributed by atoms with van der Waals surface area (Å²) >= 11 is 1.78. The van der Waals surface area contributed by atoms with Gasteiger partial charge in [-0.3, -0.25) is 0 Å². The van der Waals surface area contributed by atoms with Crippen molar-refractivity contribution in [1.82, 2.24) is 10.2 Å². The third-order valence-corrected chi connectivity index (χ3v) is 5.30. The highest BCUT2D eigenvalue weighted by Gasteiger charge is 2.27. The maximum Gasteiger partial charge on any atom is 0.317 e. The number of amides is 2. The fourth-order valence-corrected chi connectivity index (χ4v) is 3.77. The zero-order valence-corrected chi connectivity index (χ0v) is 14.1. The van der Waals surface area contributed by atoms with Gasteiger partial charge in [0.1, 0.15) is 5.75 Å². The number of thiophene rings is 1. The van der Waals surface area contributed by atoms with Gasteiger partial charge in [0, 0.05) is 30.4 Å². The van der Waals surface area contributed by atoms with Crippen LogP contribution in [0.25, 0.3) is 0 Å². The predicted octanol–water partition coefficient (Wildman–Crippen LogP) is 3.50. The topological polar surface area (TPSA) is 41.6 Å². The Morgan fingerprint density at radius 2 is 2.17 bits per heavy atom. The molecule has 0 bridgehead atoms. The van der Waals surface area contributed by atoms with Crippen LogP contribution in [-0.2, 0) is 6.42 Å². The van der Waals surface area contributed by atoms with E-state index in [0.29, 0.717) is 12.5 Å². The van der Waals surface area contributed by atoms with Crippen LogP contribution in [0.4, 0.5) is 4.79 Å². The molecule has 1 unspecified atom stereocenters. The van der Waals surface area contributed by atoms with Crippen LogP contribution < -0.4 is 10.1 Å². The number of nitrogens with one attached hydrogen (secondary N) is 1. The van der Waals surface area contributed by atoms with E-state index in [0.717, 1.165) is 31.7 Å². The Balaban J connectivity index is 1.43. The standard InChI is InChI=1S/C18H22N2O2S/c1-22-16-6-4-14(5-7-16)8-10-19-18(21)20-11-9-15(13-20)17-3-2-12-23-17/h2-7,12,15H,8-11,13H2,1H3,(H,19,21). The molecule has 0 saturated carbocycles. The van der Waals surface area contributed by atoms with E-state index in [9.17, 15) is 4.79 Å². The molecular weight excluding hydrogens is 308 g/mol. The van der Waals surface area contributed by atoms with Gasteiger partial charge in [0.2, 0.25) is 0 Å². The molecule has 2 amide bonds. The average Bonchev–Trinajstić information content (AvgIpc) is 3.26. The van der Waals surface area contributed by atoms with Crippen molar-refractivity contribution in [3.05, 3.63) is 52.2 Å². The first-order valence-corrected chi connectivity index (χ1v) is 8.83. The minimum absolute atomic E-state index is 0.0533. The summed E-state index contributed by atoms with van der Waals surface area (Å²) in [7, 11) is 1.66. The fourth-order valence-electron chi connectivity index (χ4n) is 2.92. The molecule has 1 fully saturated rings. The number of carbonyl (C=O) groups excluding carboxylic acids is 1. The van der Waals surface area contributed by atoms with Crippen molar-refractivity contribution in [3.8, 4) is 5.75 Å². The summed E-state index contributed by atoms with van der Waals surface area (Å²) in [6.07, 6.45) is 1.89. The van der Waals surface area contributed by atoms with Gasteiger partial charge in [-0.2, -0.15) is 0 Å². The van der Waals surface area contributed by atoms with E-state index >= 15 is 0 Å². The molecule has 1 aliphatic heterocycles. The van der Waals surface area contributed by atoms with Crippen LogP contribution in [0, 0.1) is 0 Å². The van der Waals surface area contributed by atoms with Crippen LogP contribution >= 0.6 is 11.3 Å². The Labute approximate surface area is 141 Å². The largest absolute Gasteiger partial charge is 0.497 e. The van der Waals surface area contributed by atoms with Crippen LogP contribution in [0.5, 0.6) is 5.75 Å². The molecule has 122 valence electrons. The molecule has 2 aromatic rings. The van der Waals surface area contributed by atoms with Gasteiger partial charge in [-0.15, -0.1) is 11.3 Å². The number of nitrogens with zero attached hydrogens (tertiary/aromatic N) is 1. The molecule has 5 heteroatoms. The Bertz CT molecular complexity index is 625. The molecule has 23 heavy (non-hydrogen) atoms. The highest BCUT2D eigenvalue weighted by Crippen LogP contribution is 2.30. The van der Waals surface area contributed by atoms with E-state index in [1.807, 2.05) is 29.2 Å². The zero-order chi connectivity index (χ0) is 16.1. The van der Waals surface area contributed by atoms with Gasteiger partial charge < -0.3 is 15.0 Å². The van der Waals surface area contributed by atoms with Crippen LogP contribution in [0.2, 0.25) is 0 Å². The summed E-state index contributed by atoms with van der Waals surface area (Å²) in [6, 6.07) is 12.3. The Morgan fingerprint density at radius 3 is 2.87 bits per heavy atom. The lowest BCUT2D eigenvalue weighted by molar-refractivity contribution is 0.208. The molecule has 1 atom stereocenters. The lowest BCUT2D eigenvalue weighted by atomic mass is 10.1. The molecule has 4 nitrogen and oxygen atoms in total. The predicted molar refractivity (Wildman–Crippen MR) is 93.3 cm³/mol. The van der Waals surface area contributed by atoms with Crippen LogP contribution in [0.15, 0.2) is 41.8 Å². The molecule has 1 N–H and O–H groups in total. The molecule has 0 radical (unpaired) electrons. The van der Waals surface area contributed by atoms with Gasteiger partial charge in [0.25, 0.3) is 0 Å². The first-order valence-electron chi connectivity index (χ1n) is 7.95. The minimum atomic E-state index is 0.0533. The van der Waals surface area contributed by atoms with Gasteiger partial charge in [0.05, 0.1) is 7.11 Å². The summed E-state index contributed by atoms with van der Waals surface area (Å²) < 4.78 is 5.14. The SMILES string of the molecule is COc1ccc(CCNC(=O)N2CCC(c3cccs3)C2)cc1. The zero-order valence-electron chi connectivity index (χ0n) is 13.3. The molecule has 2 heterocycles. The Kier molecular flexibility index (Phi) is 5.18. The van der Waals surface area contributed by atoms with E-state index in [-0.39, 0.29) is 6.03 Å². The number of hydrogen-bond donors (Lipinski definition) is 1. The van der Waals surface area contributed by atoms with Crippen molar-refractivity contribution in [3.63, 3.8) is 0 Å². The summed E-state index contributed by atoms with van der Waals surface area (Å²) in [4.78, 5) is 15.6.